The lowest BCUT2D eigenvalue weighted by molar-refractivity contribution is -0.123. The van der Waals surface area contributed by atoms with Gasteiger partial charge in [-0.25, -0.2) is 12.8 Å². The minimum Gasteiger partial charge on any atom is -0.393 e. The van der Waals surface area contributed by atoms with Crippen LogP contribution in [0.1, 0.15) is 34.1 Å². The lowest BCUT2D eigenvalue weighted by Crippen LogP contribution is -2.50. The second-order valence-corrected chi connectivity index (χ2v) is 8.35. The SMILES string of the molecule is CC(C)C(O)CCNC(=O)[C@@H](NS(=O)(=O)c1ccccc1F)C(C)C. The van der Waals surface area contributed by atoms with E-state index < -0.39 is 38.8 Å². The highest BCUT2D eigenvalue weighted by Crippen LogP contribution is 2.15. The van der Waals surface area contributed by atoms with Gasteiger partial charge in [0.25, 0.3) is 0 Å². The standard InChI is InChI=1S/C17H27FN2O4S/c1-11(2)14(21)9-10-19-17(22)16(12(3)4)20-25(23,24)15-8-6-5-7-13(15)18/h5-8,11-12,14,16,20-21H,9-10H2,1-4H3,(H,19,22)/t14?,16-/m0/s1. The number of sulfonamides is 1. The van der Waals surface area contributed by atoms with E-state index in [2.05, 4.69) is 10.0 Å². The Hall–Kier alpha value is -1.51. The van der Waals surface area contributed by atoms with Gasteiger partial charge in [0.05, 0.1) is 6.10 Å². The first-order valence-corrected chi connectivity index (χ1v) is 9.77. The summed E-state index contributed by atoms with van der Waals surface area (Å²) < 4.78 is 40.8. The molecule has 1 aromatic rings. The van der Waals surface area contributed by atoms with Gasteiger partial charge in [0.1, 0.15) is 16.8 Å². The van der Waals surface area contributed by atoms with Gasteiger partial charge in [-0.1, -0.05) is 39.8 Å². The summed E-state index contributed by atoms with van der Waals surface area (Å²) in [6, 6.07) is 3.95. The molecule has 25 heavy (non-hydrogen) atoms. The van der Waals surface area contributed by atoms with Crippen LogP contribution in [0, 0.1) is 17.7 Å². The number of aliphatic hydroxyl groups is 1. The second-order valence-electron chi connectivity index (χ2n) is 6.66. The van der Waals surface area contributed by atoms with Gasteiger partial charge in [-0.2, -0.15) is 4.72 Å². The van der Waals surface area contributed by atoms with Crippen molar-refractivity contribution in [1.29, 1.82) is 0 Å². The van der Waals surface area contributed by atoms with Crippen molar-refractivity contribution in [3.05, 3.63) is 30.1 Å². The van der Waals surface area contributed by atoms with E-state index in [1.807, 2.05) is 13.8 Å². The van der Waals surface area contributed by atoms with Crippen LogP contribution < -0.4 is 10.0 Å². The van der Waals surface area contributed by atoms with Crippen LogP contribution in [0.4, 0.5) is 4.39 Å². The number of nitrogens with one attached hydrogen (secondary N) is 2. The summed E-state index contributed by atoms with van der Waals surface area (Å²) in [5.74, 6) is -1.65. The van der Waals surface area contributed by atoms with Gasteiger partial charge in [-0.3, -0.25) is 4.79 Å². The summed E-state index contributed by atoms with van der Waals surface area (Å²) in [4.78, 5) is 11.8. The number of amides is 1. The number of carbonyl (C=O) groups is 1. The lowest BCUT2D eigenvalue weighted by atomic mass is 10.0. The van der Waals surface area contributed by atoms with Crippen molar-refractivity contribution in [2.24, 2.45) is 11.8 Å². The molecule has 0 saturated heterocycles. The van der Waals surface area contributed by atoms with Crippen LogP contribution in [0.15, 0.2) is 29.2 Å². The molecule has 8 heteroatoms. The normalized spacial score (nSPS) is 14.6. The highest BCUT2D eigenvalue weighted by Gasteiger charge is 2.29. The van der Waals surface area contributed by atoms with Crippen molar-refractivity contribution in [2.75, 3.05) is 6.54 Å². The number of halogens is 1. The molecule has 1 aromatic carbocycles. The predicted octanol–water partition coefficient (Wildman–Crippen LogP) is 1.65. The smallest absolute Gasteiger partial charge is 0.244 e. The number of aliphatic hydroxyl groups excluding tert-OH is 1. The van der Waals surface area contributed by atoms with Crippen LogP contribution in [0.25, 0.3) is 0 Å². The van der Waals surface area contributed by atoms with Crippen LogP contribution in [0.5, 0.6) is 0 Å². The number of hydrogen-bond donors (Lipinski definition) is 3. The van der Waals surface area contributed by atoms with Gasteiger partial charge in [-0.05, 0) is 30.4 Å². The monoisotopic (exact) mass is 374 g/mol. The molecule has 0 aliphatic heterocycles. The maximum absolute atomic E-state index is 13.8. The molecule has 2 atom stereocenters. The molecule has 1 rings (SSSR count). The average Bonchev–Trinajstić information content (AvgIpc) is 2.52. The first kappa shape index (κ1) is 21.5. The van der Waals surface area contributed by atoms with Crippen LogP contribution in [-0.2, 0) is 14.8 Å². The number of carbonyl (C=O) groups excluding carboxylic acids is 1. The fourth-order valence-corrected chi connectivity index (χ4v) is 3.60. The third-order valence-electron chi connectivity index (χ3n) is 3.87. The second kappa shape index (κ2) is 9.26. The van der Waals surface area contributed by atoms with E-state index in [9.17, 15) is 22.7 Å². The Morgan fingerprint density at radius 1 is 1.16 bits per heavy atom. The third kappa shape index (κ3) is 6.37. The summed E-state index contributed by atoms with van der Waals surface area (Å²) in [6.07, 6.45) is -0.179. The van der Waals surface area contributed by atoms with Crippen molar-refractivity contribution < 1.29 is 22.7 Å². The molecule has 6 nitrogen and oxygen atoms in total. The van der Waals surface area contributed by atoms with Gasteiger partial charge in [-0.15, -0.1) is 0 Å². The van der Waals surface area contributed by atoms with E-state index >= 15 is 0 Å². The van der Waals surface area contributed by atoms with E-state index in [0.29, 0.717) is 6.42 Å². The van der Waals surface area contributed by atoms with Crippen LogP contribution in [-0.4, -0.2) is 38.1 Å². The van der Waals surface area contributed by atoms with Gasteiger partial charge in [0.2, 0.25) is 15.9 Å². The topological polar surface area (TPSA) is 95.5 Å². The first-order valence-electron chi connectivity index (χ1n) is 8.29. The average molecular weight is 374 g/mol. The van der Waals surface area contributed by atoms with E-state index in [1.165, 1.54) is 12.1 Å². The minimum absolute atomic E-state index is 0.0670. The maximum atomic E-state index is 13.8. The summed E-state index contributed by atoms with van der Waals surface area (Å²) >= 11 is 0. The van der Waals surface area contributed by atoms with Gasteiger partial charge >= 0.3 is 0 Å². The minimum atomic E-state index is -4.17. The van der Waals surface area contributed by atoms with Crippen LogP contribution >= 0.6 is 0 Å². The summed E-state index contributed by atoms with van der Waals surface area (Å²) in [5.41, 5.74) is 0. The summed E-state index contributed by atoms with van der Waals surface area (Å²) in [6.45, 7) is 7.34. The lowest BCUT2D eigenvalue weighted by Gasteiger charge is -2.22. The van der Waals surface area contributed by atoms with Gasteiger partial charge in [0.15, 0.2) is 0 Å². The Morgan fingerprint density at radius 2 is 1.76 bits per heavy atom. The maximum Gasteiger partial charge on any atom is 0.244 e. The quantitative estimate of drug-likeness (QED) is 0.612. The van der Waals surface area contributed by atoms with E-state index in [1.54, 1.807) is 13.8 Å². The predicted molar refractivity (Wildman–Crippen MR) is 93.8 cm³/mol. The highest BCUT2D eigenvalue weighted by atomic mass is 32.2. The zero-order valence-electron chi connectivity index (χ0n) is 15.0. The van der Waals surface area contributed by atoms with E-state index in [-0.39, 0.29) is 18.4 Å². The molecule has 0 aliphatic carbocycles. The molecule has 0 spiro atoms. The molecule has 1 amide bonds. The summed E-state index contributed by atoms with van der Waals surface area (Å²) in [7, 11) is -4.17. The Kier molecular flexibility index (Phi) is 7.98. The molecule has 142 valence electrons. The molecule has 0 radical (unpaired) electrons. The molecule has 0 bridgehead atoms. The largest absolute Gasteiger partial charge is 0.393 e. The highest BCUT2D eigenvalue weighted by molar-refractivity contribution is 7.89. The van der Waals surface area contributed by atoms with Crippen molar-refractivity contribution in [2.45, 2.75) is 51.2 Å². The molecule has 3 N–H and O–H groups in total. The molecular formula is C17H27FN2O4S. The summed E-state index contributed by atoms with van der Waals surface area (Å²) in [5, 5.41) is 12.4. The van der Waals surface area contributed by atoms with Crippen molar-refractivity contribution in [3.8, 4) is 0 Å². The van der Waals surface area contributed by atoms with Crippen molar-refractivity contribution >= 4 is 15.9 Å². The fourth-order valence-electron chi connectivity index (χ4n) is 2.17. The van der Waals surface area contributed by atoms with E-state index in [0.717, 1.165) is 12.1 Å². The zero-order chi connectivity index (χ0) is 19.2. The Balaban J connectivity index is 2.80. The molecule has 1 unspecified atom stereocenters. The first-order chi connectivity index (χ1) is 11.6. The van der Waals surface area contributed by atoms with Crippen LogP contribution in [0.3, 0.4) is 0 Å². The number of benzene rings is 1. The number of rotatable bonds is 9. The molecule has 0 aliphatic rings. The van der Waals surface area contributed by atoms with Crippen LogP contribution in [0.2, 0.25) is 0 Å². The molecular weight excluding hydrogens is 347 g/mol. The molecule has 0 aromatic heterocycles. The van der Waals surface area contributed by atoms with Gasteiger partial charge < -0.3 is 10.4 Å². The molecule has 0 heterocycles. The third-order valence-corrected chi connectivity index (χ3v) is 5.34. The zero-order valence-corrected chi connectivity index (χ0v) is 15.8. The fraction of sp³-hybridized carbons (Fsp3) is 0.588. The van der Waals surface area contributed by atoms with E-state index in [4.69, 9.17) is 0 Å². The Labute approximate surface area is 148 Å². The van der Waals surface area contributed by atoms with Crippen molar-refractivity contribution in [3.63, 3.8) is 0 Å². The number of hydrogen-bond acceptors (Lipinski definition) is 4. The Bertz CT molecular complexity index is 677. The molecule has 0 fully saturated rings. The van der Waals surface area contributed by atoms with Crippen molar-refractivity contribution in [1.82, 2.24) is 10.0 Å². The Morgan fingerprint density at radius 3 is 2.28 bits per heavy atom. The van der Waals surface area contributed by atoms with Gasteiger partial charge in [0, 0.05) is 6.54 Å². The molecule has 0 saturated carbocycles.